The van der Waals surface area contributed by atoms with Crippen molar-refractivity contribution < 1.29 is 4.42 Å². The number of fused-ring (bicyclic) bond motifs is 7. The Morgan fingerprint density at radius 2 is 0.952 bits per heavy atom. The molecule has 0 fully saturated rings. The molecular formula is C41H26O. The van der Waals surface area contributed by atoms with Crippen molar-refractivity contribution in [1.29, 1.82) is 0 Å². The van der Waals surface area contributed by atoms with Gasteiger partial charge in [0.1, 0.15) is 11.2 Å². The predicted molar refractivity (Wildman–Crippen MR) is 174 cm³/mol. The minimum absolute atomic E-state index is 0.407. The van der Waals surface area contributed by atoms with Gasteiger partial charge in [-0.1, -0.05) is 127 Å². The lowest BCUT2D eigenvalue weighted by atomic mass is 9.67. The molecule has 42 heavy (non-hydrogen) atoms. The van der Waals surface area contributed by atoms with E-state index < -0.39 is 5.41 Å². The van der Waals surface area contributed by atoms with Gasteiger partial charge >= 0.3 is 0 Å². The molecule has 0 saturated carbocycles. The Labute approximate surface area is 244 Å². The Balaban J connectivity index is 1.31. The summed E-state index contributed by atoms with van der Waals surface area (Å²) in [5.74, 6) is 0. The molecular weight excluding hydrogens is 508 g/mol. The number of furan rings is 1. The fourth-order valence-corrected chi connectivity index (χ4v) is 7.27. The molecule has 0 spiro atoms. The Bertz CT molecular complexity index is 2250. The highest BCUT2D eigenvalue weighted by atomic mass is 16.3. The third-order valence-corrected chi connectivity index (χ3v) is 9.13. The lowest BCUT2D eigenvalue weighted by molar-refractivity contribution is 0.669. The minimum atomic E-state index is -0.407. The van der Waals surface area contributed by atoms with Crippen molar-refractivity contribution in [3.8, 4) is 22.3 Å². The molecule has 196 valence electrons. The van der Waals surface area contributed by atoms with Gasteiger partial charge in [0.25, 0.3) is 0 Å². The first-order valence-corrected chi connectivity index (χ1v) is 14.5. The van der Waals surface area contributed by atoms with Crippen molar-refractivity contribution in [2.45, 2.75) is 5.41 Å². The molecule has 9 rings (SSSR count). The first-order chi connectivity index (χ1) is 20.8. The monoisotopic (exact) mass is 534 g/mol. The molecule has 0 aliphatic heterocycles. The molecule has 1 nitrogen and oxygen atoms in total. The second-order valence-electron chi connectivity index (χ2n) is 11.3. The van der Waals surface area contributed by atoms with Gasteiger partial charge in [-0.2, -0.15) is 0 Å². The topological polar surface area (TPSA) is 13.1 Å². The van der Waals surface area contributed by atoms with E-state index in [1.165, 1.54) is 55.3 Å². The van der Waals surface area contributed by atoms with Crippen molar-refractivity contribution >= 4 is 32.7 Å². The Kier molecular flexibility index (Phi) is 4.88. The number of rotatable bonds is 3. The van der Waals surface area contributed by atoms with Gasteiger partial charge < -0.3 is 4.42 Å². The zero-order chi connectivity index (χ0) is 27.7. The quantitative estimate of drug-likeness (QED) is 0.220. The molecule has 0 N–H and O–H groups in total. The molecule has 1 heterocycles. The maximum absolute atomic E-state index is 6.32. The summed E-state index contributed by atoms with van der Waals surface area (Å²) in [7, 11) is 0. The van der Waals surface area contributed by atoms with Crippen LogP contribution in [-0.2, 0) is 5.41 Å². The van der Waals surface area contributed by atoms with Gasteiger partial charge in [0.05, 0.1) is 5.41 Å². The zero-order valence-electron chi connectivity index (χ0n) is 22.9. The summed E-state index contributed by atoms with van der Waals surface area (Å²) in [4.78, 5) is 0. The van der Waals surface area contributed by atoms with Crippen molar-refractivity contribution in [3.05, 3.63) is 180 Å². The van der Waals surface area contributed by atoms with Crippen LogP contribution in [-0.4, -0.2) is 0 Å². The molecule has 0 radical (unpaired) electrons. The average Bonchev–Trinajstić information content (AvgIpc) is 3.57. The van der Waals surface area contributed by atoms with E-state index in [1.54, 1.807) is 0 Å². The maximum Gasteiger partial charge on any atom is 0.136 e. The highest BCUT2D eigenvalue weighted by molar-refractivity contribution is 6.11. The van der Waals surface area contributed by atoms with Crippen LogP contribution in [0.15, 0.2) is 162 Å². The van der Waals surface area contributed by atoms with Gasteiger partial charge in [-0.05, 0) is 85.6 Å². The van der Waals surface area contributed by atoms with Crippen molar-refractivity contribution in [3.63, 3.8) is 0 Å². The molecule has 0 amide bonds. The molecule has 1 aliphatic carbocycles. The van der Waals surface area contributed by atoms with Gasteiger partial charge in [-0.25, -0.2) is 0 Å². The fraction of sp³-hybridized carbons (Fsp3) is 0.0244. The molecule has 1 aromatic heterocycles. The zero-order valence-corrected chi connectivity index (χ0v) is 22.9. The number of benzene rings is 7. The standard InChI is InChI=1S/C41H26O/c1-3-13-31(14-4-1)41(32-15-5-2-6-16-32)37-18-10-9-17-33(37)34-21-19-30(25-38(34)41)29-20-22-39-35(24-29)36-23-27-11-7-8-12-28(27)26-40(36)42-39/h1-26H. The van der Waals surface area contributed by atoms with Crippen LogP contribution in [0, 0.1) is 0 Å². The van der Waals surface area contributed by atoms with E-state index in [9.17, 15) is 0 Å². The number of hydrogen-bond acceptors (Lipinski definition) is 1. The van der Waals surface area contributed by atoms with Gasteiger partial charge in [0.15, 0.2) is 0 Å². The average molecular weight is 535 g/mol. The predicted octanol–water partition coefficient (Wildman–Crippen LogP) is 10.8. The summed E-state index contributed by atoms with van der Waals surface area (Å²) < 4.78 is 6.32. The number of hydrogen-bond donors (Lipinski definition) is 0. The van der Waals surface area contributed by atoms with E-state index in [0.29, 0.717) is 0 Å². The lowest BCUT2D eigenvalue weighted by Gasteiger charge is -2.34. The molecule has 0 saturated heterocycles. The van der Waals surface area contributed by atoms with Crippen LogP contribution in [0.25, 0.3) is 55.0 Å². The van der Waals surface area contributed by atoms with Gasteiger partial charge in [-0.15, -0.1) is 0 Å². The van der Waals surface area contributed by atoms with Crippen LogP contribution >= 0.6 is 0 Å². The van der Waals surface area contributed by atoms with E-state index >= 15 is 0 Å². The summed E-state index contributed by atoms with van der Waals surface area (Å²) in [6, 6.07) is 57.4. The van der Waals surface area contributed by atoms with E-state index in [4.69, 9.17) is 4.42 Å². The smallest absolute Gasteiger partial charge is 0.136 e. The first-order valence-electron chi connectivity index (χ1n) is 14.5. The van der Waals surface area contributed by atoms with E-state index in [-0.39, 0.29) is 0 Å². The normalized spacial score (nSPS) is 13.4. The van der Waals surface area contributed by atoms with Crippen LogP contribution < -0.4 is 0 Å². The second kappa shape index (κ2) is 8.80. The van der Waals surface area contributed by atoms with Crippen molar-refractivity contribution in [2.24, 2.45) is 0 Å². The summed E-state index contributed by atoms with van der Waals surface area (Å²) in [6.45, 7) is 0. The highest BCUT2D eigenvalue weighted by Gasteiger charge is 2.46. The summed E-state index contributed by atoms with van der Waals surface area (Å²) in [6.07, 6.45) is 0. The summed E-state index contributed by atoms with van der Waals surface area (Å²) >= 11 is 0. The van der Waals surface area contributed by atoms with Crippen LogP contribution in [0.4, 0.5) is 0 Å². The van der Waals surface area contributed by atoms with Crippen LogP contribution in [0.2, 0.25) is 0 Å². The van der Waals surface area contributed by atoms with E-state index in [0.717, 1.165) is 21.9 Å². The minimum Gasteiger partial charge on any atom is -0.456 e. The molecule has 1 heteroatoms. The Morgan fingerprint density at radius 1 is 0.381 bits per heavy atom. The van der Waals surface area contributed by atoms with E-state index in [2.05, 4.69) is 158 Å². The van der Waals surface area contributed by atoms with Crippen LogP contribution in [0.3, 0.4) is 0 Å². The summed E-state index contributed by atoms with van der Waals surface area (Å²) in [5.41, 5.74) is 11.6. The molecule has 1 aliphatic rings. The SMILES string of the molecule is c1ccc(C2(c3ccccc3)c3ccccc3-c3ccc(-c4ccc5oc6cc7ccccc7cc6c5c4)cc32)cc1. The molecule has 0 bridgehead atoms. The summed E-state index contributed by atoms with van der Waals surface area (Å²) in [5, 5.41) is 4.72. The van der Waals surface area contributed by atoms with Crippen LogP contribution in [0.5, 0.6) is 0 Å². The fourth-order valence-electron chi connectivity index (χ4n) is 7.27. The Hall–Kier alpha value is -5.40. The molecule has 0 unspecified atom stereocenters. The third kappa shape index (κ3) is 3.19. The van der Waals surface area contributed by atoms with Crippen molar-refractivity contribution in [2.75, 3.05) is 0 Å². The lowest BCUT2D eigenvalue weighted by Crippen LogP contribution is -2.28. The van der Waals surface area contributed by atoms with E-state index in [1.807, 2.05) is 0 Å². The molecule has 7 aromatic carbocycles. The third-order valence-electron chi connectivity index (χ3n) is 9.13. The van der Waals surface area contributed by atoms with Crippen LogP contribution in [0.1, 0.15) is 22.3 Å². The van der Waals surface area contributed by atoms with Gasteiger partial charge in [-0.3, -0.25) is 0 Å². The van der Waals surface area contributed by atoms with Gasteiger partial charge in [0.2, 0.25) is 0 Å². The maximum atomic E-state index is 6.32. The Morgan fingerprint density at radius 3 is 1.71 bits per heavy atom. The molecule has 8 aromatic rings. The van der Waals surface area contributed by atoms with Gasteiger partial charge in [0, 0.05) is 10.8 Å². The largest absolute Gasteiger partial charge is 0.456 e. The molecule has 0 atom stereocenters. The highest BCUT2D eigenvalue weighted by Crippen LogP contribution is 2.56. The van der Waals surface area contributed by atoms with Crippen molar-refractivity contribution in [1.82, 2.24) is 0 Å². The second-order valence-corrected chi connectivity index (χ2v) is 11.3. The first kappa shape index (κ1) is 23.3.